The highest BCUT2D eigenvalue weighted by molar-refractivity contribution is 7.13. The van der Waals surface area contributed by atoms with E-state index in [0.29, 0.717) is 29.2 Å². The van der Waals surface area contributed by atoms with Gasteiger partial charge in [-0.05, 0) is 31.4 Å². The number of pyridine rings is 1. The van der Waals surface area contributed by atoms with Crippen molar-refractivity contribution in [2.45, 2.75) is 31.4 Å². The van der Waals surface area contributed by atoms with Crippen LogP contribution in [0.3, 0.4) is 0 Å². The third kappa shape index (κ3) is 3.62. The number of aromatic nitrogens is 6. The van der Waals surface area contributed by atoms with Gasteiger partial charge in [-0.15, -0.1) is 11.3 Å². The van der Waals surface area contributed by atoms with Crippen LogP contribution in [0.15, 0.2) is 48.4 Å². The number of H-pyrrole nitrogens is 1. The number of aromatic amines is 1. The van der Waals surface area contributed by atoms with Gasteiger partial charge in [0.15, 0.2) is 0 Å². The Hall–Kier alpha value is -3.37. The number of hydrogen-bond donors (Lipinski definition) is 3. The Morgan fingerprint density at radius 2 is 2.27 bits per heavy atom. The zero-order valence-electron chi connectivity index (χ0n) is 15.9. The van der Waals surface area contributed by atoms with Crippen LogP contribution in [-0.2, 0) is 0 Å². The normalized spacial score (nSPS) is 18.6. The number of nitrogens with one attached hydrogen (secondary N) is 2. The van der Waals surface area contributed by atoms with Crippen LogP contribution >= 0.6 is 11.3 Å². The number of aliphatic hydroxyl groups is 1. The fraction of sp³-hybridized carbons (Fsp3) is 0.250. The van der Waals surface area contributed by atoms with Crippen molar-refractivity contribution in [3.05, 3.63) is 54.1 Å². The van der Waals surface area contributed by atoms with Gasteiger partial charge in [0.2, 0.25) is 0 Å². The quantitative estimate of drug-likeness (QED) is 0.455. The summed E-state index contributed by atoms with van der Waals surface area (Å²) in [6.07, 6.45) is 8.84. The molecule has 0 aromatic carbocycles. The molecule has 4 aromatic heterocycles. The van der Waals surface area contributed by atoms with Crippen LogP contribution < -0.4 is 5.32 Å². The molecule has 3 N–H and O–H groups in total. The molecule has 0 bridgehead atoms. The smallest absolute Gasteiger partial charge is 0.275 e. The summed E-state index contributed by atoms with van der Waals surface area (Å²) in [5.41, 5.74) is 2.99. The van der Waals surface area contributed by atoms with Crippen molar-refractivity contribution in [3.8, 4) is 22.0 Å². The first-order valence-electron chi connectivity index (χ1n) is 9.62. The fourth-order valence-corrected chi connectivity index (χ4v) is 4.38. The van der Waals surface area contributed by atoms with E-state index in [1.165, 1.54) is 11.3 Å². The van der Waals surface area contributed by atoms with Crippen LogP contribution in [0.2, 0.25) is 0 Å². The number of thiazole rings is 1. The maximum atomic E-state index is 12.9. The van der Waals surface area contributed by atoms with Gasteiger partial charge in [-0.3, -0.25) is 19.6 Å². The van der Waals surface area contributed by atoms with Gasteiger partial charge in [-0.25, -0.2) is 4.98 Å². The Morgan fingerprint density at radius 1 is 1.33 bits per heavy atom. The first-order valence-corrected chi connectivity index (χ1v) is 10.5. The summed E-state index contributed by atoms with van der Waals surface area (Å²) in [6.45, 7) is 0. The van der Waals surface area contributed by atoms with E-state index in [4.69, 9.17) is 0 Å². The second-order valence-corrected chi connectivity index (χ2v) is 8.04. The summed E-state index contributed by atoms with van der Waals surface area (Å²) in [5.74, 6) is -0.316. The monoisotopic (exact) mass is 421 g/mol. The number of carbonyl (C=O) groups is 1. The molecule has 0 saturated heterocycles. The van der Waals surface area contributed by atoms with E-state index < -0.39 is 0 Å². The minimum Gasteiger partial charge on any atom is -0.393 e. The molecule has 1 aliphatic carbocycles. The number of aliphatic hydroxyl groups excluding tert-OH is 1. The number of anilines is 1. The minimum absolute atomic E-state index is 0.0973. The molecule has 4 aromatic rings. The lowest BCUT2D eigenvalue weighted by Crippen LogP contribution is -2.12. The van der Waals surface area contributed by atoms with Gasteiger partial charge in [0.05, 0.1) is 29.7 Å². The van der Waals surface area contributed by atoms with Crippen LogP contribution in [0.5, 0.6) is 0 Å². The van der Waals surface area contributed by atoms with Crippen molar-refractivity contribution in [2.24, 2.45) is 0 Å². The molecule has 1 aliphatic rings. The average molecular weight is 421 g/mol. The van der Waals surface area contributed by atoms with Crippen molar-refractivity contribution in [1.29, 1.82) is 0 Å². The van der Waals surface area contributed by atoms with Crippen LogP contribution in [0.25, 0.3) is 22.0 Å². The molecule has 4 heterocycles. The third-order valence-corrected chi connectivity index (χ3v) is 6.01. The van der Waals surface area contributed by atoms with Gasteiger partial charge in [-0.2, -0.15) is 10.2 Å². The predicted octanol–water partition coefficient (Wildman–Crippen LogP) is 3.13. The molecule has 10 heteroatoms. The van der Waals surface area contributed by atoms with E-state index in [9.17, 15) is 9.90 Å². The molecule has 30 heavy (non-hydrogen) atoms. The largest absolute Gasteiger partial charge is 0.393 e. The molecule has 1 saturated carbocycles. The first-order chi connectivity index (χ1) is 14.7. The maximum absolute atomic E-state index is 12.9. The van der Waals surface area contributed by atoms with Crippen molar-refractivity contribution in [1.82, 2.24) is 29.9 Å². The van der Waals surface area contributed by atoms with E-state index in [0.717, 1.165) is 23.4 Å². The highest BCUT2D eigenvalue weighted by atomic mass is 32.1. The van der Waals surface area contributed by atoms with Crippen molar-refractivity contribution in [2.75, 3.05) is 5.32 Å². The highest BCUT2D eigenvalue weighted by Gasteiger charge is 2.27. The molecular weight excluding hydrogens is 402 g/mol. The van der Waals surface area contributed by atoms with Gasteiger partial charge in [0.1, 0.15) is 16.4 Å². The second kappa shape index (κ2) is 7.81. The van der Waals surface area contributed by atoms with Crippen molar-refractivity contribution >= 4 is 22.9 Å². The summed E-state index contributed by atoms with van der Waals surface area (Å²) in [5, 5.41) is 26.6. The molecule has 5 rings (SSSR count). The van der Waals surface area contributed by atoms with E-state index in [1.807, 2.05) is 29.1 Å². The Balaban J connectivity index is 1.44. The summed E-state index contributed by atoms with van der Waals surface area (Å²) in [6, 6.07) is 5.66. The van der Waals surface area contributed by atoms with Crippen LogP contribution in [0, 0.1) is 0 Å². The Bertz CT molecular complexity index is 1150. The number of amides is 1. The second-order valence-electron chi connectivity index (χ2n) is 7.19. The first kappa shape index (κ1) is 18.6. The van der Waals surface area contributed by atoms with Crippen LogP contribution in [-0.4, -0.2) is 47.1 Å². The fourth-order valence-electron chi connectivity index (χ4n) is 3.60. The molecule has 0 spiro atoms. The molecule has 2 atom stereocenters. The zero-order chi connectivity index (χ0) is 20.5. The molecule has 9 nitrogen and oxygen atoms in total. The van der Waals surface area contributed by atoms with Gasteiger partial charge in [0, 0.05) is 29.5 Å². The van der Waals surface area contributed by atoms with Crippen molar-refractivity contribution < 1.29 is 9.90 Å². The molecule has 152 valence electrons. The number of carbonyl (C=O) groups excluding carboxylic acids is 1. The Kier molecular flexibility index (Phi) is 4.85. The maximum Gasteiger partial charge on any atom is 0.275 e. The SMILES string of the molecule is O=C(Nc1cn([C@@H]2CC[C@H](O)C2)nc1-c1ccccn1)c1csc(-c2cn[nH]c2)n1. The lowest BCUT2D eigenvalue weighted by molar-refractivity contribution is 0.102. The van der Waals surface area contributed by atoms with Crippen LogP contribution in [0.4, 0.5) is 5.69 Å². The predicted molar refractivity (Wildman–Crippen MR) is 112 cm³/mol. The van der Waals surface area contributed by atoms with Crippen molar-refractivity contribution in [3.63, 3.8) is 0 Å². The molecule has 1 amide bonds. The molecule has 0 radical (unpaired) electrons. The Morgan fingerprint density at radius 3 is 3.00 bits per heavy atom. The van der Waals surface area contributed by atoms with E-state index in [1.54, 1.807) is 24.0 Å². The third-order valence-electron chi connectivity index (χ3n) is 5.12. The lowest BCUT2D eigenvalue weighted by Gasteiger charge is -2.09. The number of nitrogens with zero attached hydrogens (tertiary/aromatic N) is 5. The molecule has 0 aliphatic heterocycles. The van der Waals surface area contributed by atoms with Gasteiger partial charge < -0.3 is 10.4 Å². The topological polar surface area (TPSA) is 122 Å². The average Bonchev–Trinajstić information content (AvgIpc) is 3.54. The minimum atomic E-state index is -0.316. The van der Waals surface area contributed by atoms with E-state index >= 15 is 0 Å². The standard InChI is InChI=1S/C20H19N7O2S/c28-14-5-4-13(7-14)27-10-16(18(26-27)15-3-1-2-6-21-15)24-19(29)17-11-30-20(25-17)12-8-22-23-9-12/h1-3,6,8-11,13-14,28H,4-5,7H2,(H,22,23)(H,24,29)/t13-,14+/m1/s1. The van der Waals surface area contributed by atoms with Gasteiger partial charge in [0.25, 0.3) is 5.91 Å². The summed E-state index contributed by atoms with van der Waals surface area (Å²) in [7, 11) is 0. The van der Waals surface area contributed by atoms with Gasteiger partial charge in [-0.1, -0.05) is 6.07 Å². The molecule has 0 unspecified atom stereocenters. The van der Waals surface area contributed by atoms with E-state index in [-0.39, 0.29) is 18.1 Å². The van der Waals surface area contributed by atoms with E-state index in [2.05, 4.69) is 30.6 Å². The molecular formula is C20H19N7O2S. The number of hydrogen-bond acceptors (Lipinski definition) is 7. The summed E-state index contributed by atoms with van der Waals surface area (Å²) in [4.78, 5) is 21.7. The van der Waals surface area contributed by atoms with Gasteiger partial charge >= 0.3 is 0 Å². The summed E-state index contributed by atoms with van der Waals surface area (Å²) < 4.78 is 1.83. The molecule has 1 fully saturated rings. The highest BCUT2D eigenvalue weighted by Crippen LogP contribution is 2.33. The summed E-state index contributed by atoms with van der Waals surface area (Å²) >= 11 is 1.38. The lowest BCUT2D eigenvalue weighted by atomic mass is 10.2. The Labute approximate surface area is 175 Å². The van der Waals surface area contributed by atoms with Crippen LogP contribution in [0.1, 0.15) is 35.8 Å². The number of rotatable bonds is 5. The zero-order valence-corrected chi connectivity index (χ0v) is 16.7.